The van der Waals surface area contributed by atoms with E-state index in [1.807, 2.05) is 43.5 Å². The highest BCUT2D eigenvalue weighted by Gasteiger charge is 2.10. The number of aryl methyl sites for hydroxylation is 1. The first-order chi connectivity index (χ1) is 12.1. The summed E-state index contributed by atoms with van der Waals surface area (Å²) in [4.78, 5) is 3.22. The third-order valence-corrected chi connectivity index (χ3v) is 4.53. The lowest BCUT2D eigenvalue weighted by Crippen LogP contribution is -2.15. The maximum absolute atomic E-state index is 6.22. The van der Waals surface area contributed by atoms with E-state index in [0.29, 0.717) is 12.6 Å². The summed E-state index contributed by atoms with van der Waals surface area (Å²) in [6.45, 7) is 6.51. The highest BCUT2D eigenvalue weighted by molar-refractivity contribution is 6.31. The molecule has 5 heteroatoms. The van der Waals surface area contributed by atoms with E-state index >= 15 is 0 Å². The number of hydrogen-bond acceptors (Lipinski definition) is 3. The molecular weight excluding hydrogens is 334 g/mol. The van der Waals surface area contributed by atoms with Gasteiger partial charge in [-0.25, -0.2) is 0 Å². The van der Waals surface area contributed by atoms with Crippen molar-refractivity contribution >= 4 is 28.7 Å². The molecule has 1 aromatic heterocycles. The molecule has 0 unspecified atom stereocenters. The smallest absolute Gasteiger partial charge is 0.173 e. The number of halogens is 1. The zero-order chi connectivity index (χ0) is 17.8. The number of fused-ring (bicyclic) bond motifs is 1. The fourth-order valence-electron chi connectivity index (χ4n) is 2.71. The Hall–Kier alpha value is -2.46. The van der Waals surface area contributed by atoms with Crippen LogP contribution in [0.3, 0.4) is 0 Å². The minimum Gasteiger partial charge on any atom is -0.472 e. The summed E-state index contributed by atoms with van der Waals surface area (Å²) in [6.07, 6.45) is 3.73. The maximum Gasteiger partial charge on any atom is 0.173 e. The molecule has 2 N–H and O–H groups in total. The monoisotopic (exact) mass is 355 g/mol. The lowest BCUT2D eigenvalue weighted by Gasteiger charge is -2.15. The SMILES string of the molecule is Cc1cc(OCN/N=C\c2c[nH]c3ccccc23)c(C(C)C)cc1Cl. The van der Waals surface area contributed by atoms with Gasteiger partial charge in [-0.15, -0.1) is 0 Å². The van der Waals surface area contributed by atoms with Crippen LogP contribution < -0.4 is 10.2 Å². The van der Waals surface area contributed by atoms with Crippen LogP contribution in [0.25, 0.3) is 10.9 Å². The molecule has 25 heavy (non-hydrogen) atoms. The highest BCUT2D eigenvalue weighted by atomic mass is 35.5. The number of aromatic amines is 1. The Morgan fingerprint density at radius 2 is 2.08 bits per heavy atom. The molecular formula is C20H22ClN3O. The molecule has 0 saturated carbocycles. The molecule has 0 atom stereocenters. The second-order valence-corrected chi connectivity index (χ2v) is 6.70. The fourth-order valence-corrected chi connectivity index (χ4v) is 2.88. The summed E-state index contributed by atoms with van der Waals surface area (Å²) < 4.78 is 5.85. The first-order valence-corrected chi connectivity index (χ1v) is 8.69. The summed E-state index contributed by atoms with van der Waals surface area (Å²) in [5.74, 6) is 1.18. The standard InChI is InChI=1S/C20H22ClN3O/c1-13(2)17-9-18(21)14(3)8-20(17)25-12-24-23-11-15-10-22-19-7-5-4-6-16(15)19/h4-11,13,22,24H,12H2,1-3H3/b23-11-. The Balaban J connectivity index is 1.63. The summed E-state index contributed by atoms with van der Waals surface area (Å²) in [6, 6.07) is 12.1. The van der Waals surface area contributed by atoms with Crippen molar-refractivity contribution in [2.75, 3.05) is 6.73 Å². The van der Waals surface area contributed by atoms with Gasteiger partial charge in [0.1, 0.15) is 5.75 Å². The molecule has 0 fully saturated rings. The van der Waals surface area contributed by atoms with Crippen LogP contribution in [-0.2, 0) is 0 Å². The predicted octanol–water partition coefficient (Wildman–Crippen LogP) is 5.21. The summed E-state index contributed by atoms with van der Waals surface area (Å²) >= 11 is 6.22. The number of hydrazone groups is 1. The van der Waals surface area contributed by atoms with E-state index in [9.17, 15) is 0 Å². The number of H-pyrrole nitrogens is 1. The second-order valence-electron chi connectivity index (χ2n) is 6.29. The minimum absolute atomic E-state index is 0.291. The number of rotatable bonds is 6. The molecule has 2 aromatic carbocycles. The zero-order valence-electron chi connectivity index (χ0n) is 14.6. The Labute approximate surface area is 152 Å². The molecule has 3 rings (SSSR count). The number of para-hydroxylation sites is 1. The third kappa shape index (κ3) is 3.97. The second kappa shape index (κ2) is 7.62. The van der Waals surface area contributed by atoms with Gasteiger partial charge in [0.25, 0.3) is 0 Å². The molecule has 0 aliphatic heterocycles. The van der Waals surface area contributed by atoms with Gasteiger partial charge in [-0.05, 0) is 42.2 Å². The topological polar surface area (TPSA) is 49.4 Å². The van der Waals surface area contributed by atoms with Gasteiger partial charge in [-0.2, -0.15) is 5.10 Å². The Kier molecular flexibility index (Phi) is 5.29. The minimum atomic E-state index is 0.291. The van der Waals surface area contributed by atoms with Crippen LogP contribution in [0.1, 0.15) is 36.5 Å². The molecule has 130 valence electrons. The number of nitrogens with zero attached hydrogens (tertiary/aromatic N) is 1. The van der Waals surface area contributed by atoms with Gasteiger partial charge < -0.3 is 9.72 Å². The van der Waals surface area contributed by atoms with Crippen LogP contribution in [-0.4, -0.2) is 17.9 Å². The highest BCUT2D eigenvalue weighted by Crippen LogP contribution is 2.31. The van der Waals surface area contributed by atoms with Crippen molar-refractivity contribution in [1.82, 2.24) is 10.4 Å². The van der Waals surface area contributed by atoms with E-state index in [2.05, 4.69) is 35.4 Å². The Bertz CT molecular complexity index is 899. The fraction of sp³-hybridized carbons (Fsp3) is 0.250. The Morgan fingerprint density at radius 1 is 1.28 bits per heavy atom. The number of aromatic nitrogens is 1. The maximum atomic E-state index is 6.22. The largest absolute Gasteiger partial charge is 0.472 e. The number of hydrogen-bond donors (Lipinski definition) is 2. The molecule has 0 bridgehead atoms. The summed E-state index contributed by atoms with van der Waals surface area (Å²) in [5.41, 5.74) is 7.17. The number of ether oxygens (including phenoxy) is 1. The molecule has 0 spiro atoms. The van der Waals surface area contributed by atoms with Crippen LogP contribution >= 0.6 is 11.6 Å². The molecule has 0 aliphatic carbocycles. The Morgan fingerprint density at radius 3 is 2.88 bits per heavy atom. The lowest BCUT2D eigenvalue weighted by molar-refractivity contribution is 0.283. The van der Waals surface area contributed by atoms with Gasteiger partial charge in [0, 0.05) is 27.7 Å². The third-order valence-electron chi connectivity index (χ3n) is 4.12. The van der Waals surface area contributed by atoms with E-state index in [1.165, 1.54) is 0 Å². The van der Waals surface area contributed by atoms with Crippen molar-refractivity contribution in [3.63, 3.8) is 0 Å². The van der Waals surface area contributed by atoms with Gasteiger partial charge in [-0.3, -0.25) is 5.43 Å². The number of nitrogens with one attached hydrogen (secondary N) is 2. The lowest BCUT2D eigenvalue weighted by atomic mass is 10.0. The summed E-state index contributed by atoms with van der Waals surface area (Å²) in [5, 5.41) is 6.16. The van der Waals surface area contributed by atoms with Crippen molar-refractivity contribution in [1.29, 1.82) is 0 Å². The van der Waals surface area contributed by atoms with Crippen molar-refractivity contribution < 1.29 is 4.74 Å². The van der Waals surface area contributed by atoms with Crippen molar-refractivity contribution in [2.45, 2.75) is 26.7 Å². The molecule has 3 aromatic rings. The normalized spacial score (nSPS) is 11.6. The molecule has 0 radical (unpaired) electrons. The van der Waals surface area contributed by atoms with Crippen molar-refractivity contribution in [3.05, 3.63) is 64.3 Å². The average molecular weight is 356 g/mol. The van der Waals surface area contributed by atoms with Gasteiger partial charge in [-0.1, -0.05) is 43.6 Å². The van der Waals surface area contributed by atoms with Crippen molar-refractivity contribution in [2.24, 2.45) is 5.10 Å². The predicted molar refractivity (Wildman–Crippen MR) is 105 cm³/mol. The molecule has 1 heterocycles. The van der Waals surface area contributed by atoms with Crippen LogP contribution in [0.4, 0.5) is 0 Å². The average Bonchev–Trinajstić information content (AvgIpc) is 3.00. The molecule has 0 saturated heterocycles. The van der Waals surface area contributed by atoms with Gasteiger partial charge in [0.2, 0.25) is 0 Å². The first-order valence-electron chi connectivity index (χ1n) is 8.31. The van der Waals surface area contributed by atoms with Crippen molar-refractivity contribution in [3.8, 4) is 5.75 Å². The van der Waals surface area contributed by atoms with Gasteiger partial charge >= 0.3 is 0 Å². The zero-order valence-corrected chi connectivity index (χ0v) is 15.4. The van der Waals surface area contributed by atoms with Crippen LogP contribution in [0.5, 0.6) is 5.75 Å². The molecule has 4 nitrogen and oxygen atoms in total. The molecule has 0 amide bonds. The van der Waals surface area contributed by atoms with E-state index in [0.717, 1.165) is 38.4 Å². The molecule has 0 aliphatic rings. The quantitative estimate of drug-likeness (QED) is 0.276. The van der Waals surface area contributed by atoms with Crippen LogP contribution in [0.15, 0.2) is 47.7 Å². The van der Waals surface area contributed by atoms with E-state index in [1.54, 1.807) is 6.21 Å². The van der Waals surface area contributed by atoms with E-state index in [4.69, 9.17) is 16.3 Å². The first kappa shape index (κ1) is 17.4. The van der Waals surface area contributed by atoms with Crippen LogP contribution in [0.2, 0.25) is 5.02 Å². The van der Waals surface area contributed by atoms with Crippen LogP contribution in [0, 0.1) is 6.92 Å². The number of benzene rings is 2. The van der Waals surface area contributed by atoms with E-state index in [-0.39, 0.29) is 0 Å². The van der Waals surface area contributed by atoms with Gasteiger partial charge in [0.15, 0.2) is 6.73 Å². The van der Waals surface area contributed by atoms with Gasteiger partial charge in [0.05, 0.1) is 6.21 Å². The van der Waals surface area contributed by atoms with E-state index < -0.39 is 0 Å². The summed E-state index contributed by atoms with van der Waals surface area (Å²) in [7, 11) is 0.